The molecule has 0 bridgehead atoms. The van der Waals surface area contributed by atoms with Crippen molar-refractivity contribution < 1.29 is 0 Å². The van der Waals surface area contributed by atoms with E-state index in [0.29, 0.717) is 0 Å². The molecule has 3 heteroatoms. The summed E-state index contributed by atoms with van der Waals surface area (Å²) in [4.78, 5) is 10.2. The average Bonchev–Trinajstić information content (AvgIpc) is 3.47. The SMILES string of the molecule is c1ccc(-c2ccc3sc4c(-c5cccc(-c6cnc7c8ccccc8c8ccccc8c7n6)c5)cccc4c3c2)cc1. The summed E-state index contributed by atoms with van der Waals surface area (Å²) >= 11 is 1.87. The molecule has 2 aromatic heterocycles. The summed E-state index contributed by atoms with van der Waals surface area (Å²) in [5.41, 5.74) is 8.74. The van der Waals surface area contributed by atoms with Crippen LogP contribution in [0, 0.1) is 0 Å². The van der Waals surface area contributed by atoms with Crippen LogP contribution in [0.5, 0.6) is 0 Å². The van der Waals surface area contributed by atoms with Gasteiger partial charge in [-0.2, -0.15) is 0 Å². The minimum Gasteiger partial charge on any atom is -0.252 e. The van der Waals surface area contributed by atoms with Crippen molar-refractivity contribution in [2.45, 2.75) is 0 Å². The first-order chi connectivity index (χ1) is 21.3. The van der Waals surface area contributed by atoms with Crippen molar-refractivity contribution >= 4 is 64.1 Å². The van der Waals surface area contributed by atoms with Crippen LogP contribution in [0.3, 0.4) is 0 Å². The van der Waals surface area contributed by atoms with Crippen LogP contribution in [-0.2, 0) is 0 Å². The number of fused-ring (bicyclic) bond motifs is 9. The topological polar surface area (TPSA) is 25.8 Å². The Labute approximate surface area is 252 Å². The first kappa shape index (κ1) is 24.2. The van der Waals surface area contributed by atoms with Crippen LogP contribution >= 0.6 is 11.3 Å². The van der Waals surface area contributed by atoms with Crippen LogP contribution in [0.2, 0.25) is 0 Å². The Morgan fingerprint density at radius 2 is 1.07 bits per heavy atom. The lowest BCUT2D eigenvalue weighted by Gasteiger charge is -2.11. The Bertz CT molecular complexity index is 2470. The normalized spacial score (nSPS) is 11.7. The van der Waals surface area contributed by atoms with Gasteiger partial charge in [0.05, 0.1) is 22.9 Å². The maximum absolute atomic E-state index is 5.23. The largest absolute Gasteiger partial charge is 0.252 e. The average molecular weight is 565 g/mol. The molecular formula is C40H24N2S. The zero-order chi connectivity index (χ0) is 28.3. The molecule has 2 nitrogen and oxygen atoms in total. The van der Waals surface area contributed by atoms with E-state index < -0.39 is 0 Å². The molecule has 0 aliphatic heterocycles. The second-order valence-electron chi connectivity index (χ2n) is 11.0. The van der Waals surface area contributed by atoms with E-state index in [1.165, 1.54) is 53.2 Å². The van der Waals surface area contributed by atoms with Gasteiger partial charge in [0.25, 0.3) is 0 Å². The van der Waals surface area contributed by atoms with Gasteiger partial charge in [-0.15, -0.1) is 11.3 Å². The summed E-state index contributed by atoms with van der Waals surface area (Å²) in [6.07, 6.45) is 1.92. The van der Waals surface area contributed by atoms with E-state index in [-0.39, 0.29) is 0 Å². The highest BCUT2D eigenvalue weighted by Crippen LogP contribution is 2.42. The molecule has 0 spiro atoms. The molecule has 0 N–H and O–H groups in total. The fourth-order valence-corrected chi connectivity index (χ4v) is 7.66. The number of hydrogen-bond acceptors (Lipinski definition) is 3. The van der Waals surface area contributed by atoms with Gasteiger partial charge in [-0.1, -0.05) is 121 Å². The van der Waals surface area contributed by atoms with Crippen molar-refractivity contribution in [2.24, 2.45) is 0 Å². The van der Waals surface area contributed by atoms with Crippen molar-refractivity contribution in [3.05, 3.63) is 146 Å². The number of rotatable bonds is 3. The van der Waals surface area contributed by atoms with Crippen molar-refractivity contribution in [1.82, 2.24) is 9.97 Å². The summed E-state index contributed by atoms with van der Waals surface area (Å²) in [6.45, 7) is 0. The fourth-order valence-electron chi connectivity index (χ4n) is 6.44. The summed E-state index contributed by atoms with van der Waals surface area (Å²) in [5.74, 6) is 0. The van der Waals surface area contributed by atoms with Crippen molar-refractivity contribution in [1.29, 1.82) is 0 Å². The van der Waals surface area contributed by atoms with Crippen molar-refractivity contribution in [2.75, 3.05) is 0 Å². The van der Waals surface area contributed by atoms with E-state index in [2.05, 4.69) is 140 Å². The van der Waals surface area contributed by atoms with Gasteiger partial charge in [-0.25, -0.2) is 4.98 Å². The molecule has 0 radical (unpaired) electrons. The summed E-state index contributed by atoms with van der Waals surface area (Å²) in [5, 5.41) is 7.28. The van der Waals surface area contributed by atoms with Gasteiger partial charge in [0.15, 0.2) is 0 Å². The minimum absolute atomic E-state index is 0.880. The van der Waals surface area contributed by atoms with Crippen LogP contribution < -0.4 is 0 Å². The minimum atomic E-state index is 0.880. The van der Waals surface area contributed by atoms with Gasteiger partial charge >= 0.3 is 0 Å². The molecule has 0 aliphatic carbocycles. The number of hydrogen-bond donors (Lipinski definition) is 0. The molecule has 0 fully saturated rings. The number of aromatic nitrogens is 2. The van der Waals surface area contributed by atoms with Gasteiger partial charge in [0, 0.05) is 36.5 Å². The number of benzene rings is 7. The number of thiophene rings is 1. The third-order valence-corrected chi connectivity index (χ3v) is 9.72. The zero-order valence-corrected chi connectivity index (χ0v) is 24.0. The van der Waals surface area contributed by atoms with Gasteiger partial charge in [-0.05, 0) is 51.2 Å². The molecule has 9 rings (SSSR count). The van der Waals surface area contributed by atoms with E-state index >= 15 is 0 Å². The Hall–Kier alpha value is -5.38. The maximum atomic E-state index is 5.23. The molecule has 0 saturated heterocycles. The van der Waals surface area contributed by atoms with Gasteiger partial charge < -0.3 is 0 Å². The Morgan fingerprint density at radius 1 is 0.419 bits per heavy atom. The quantitative estimate of drug-likeness (QED) is 0.199. The monoisotopic (exact) mass is 564 g/mol. The van der Waals surface area contributed by atoms with Crippen LogP contribution in [0.25, 0.3) is 86.3 Å². The Morgan fingerprint density at radius 3 is 1.88 bits per heavy atom. The van der Waals surface area contributed by atoms with Crippen molar-refractivity contribution in [3.63, 3.8) is 0 Å². The maximum Gasteiger partial charge on any atom is 0.0979 e. The molecular weight excluding hydrogens is 541 g/mol. The summed E-state index contributed by atoms with van der Waals surface area (Å²) in [6, 6.07) is 49.9. The van der Waals surface area contributed by atoms with Crippen LogP contribution in [-0.4, -0.2) is 9.97 Å². The van der Waals surface area contributed by atoms with Crippen LogP contribution in [0.4, 0.5) is 0 Å². The summed E-state index contributed by atoms with van der Waals surface area (Å²) in [7, 11) is 0. The van der Waals surface area contributed by atoms with Gasteiger partial charge in [0.1, 0.15) is 0 Å². The first-order valence-electron chi connectivity index (χ1n) is 14.5. The molecule has 9 aromatic rings. The third-order valence-electron chi connectivity index (χ3n) is 8.50. The highest BCUT2D eigenvalue weighted by molar-refractivity contribution is 7.26. The van der Waals surface area contributed by atoms with E-state index in [1.807, 2.05) is 17.5 Å². The molecule has 0 atom stereocenters. The molecule has 200 valence electrons. The second-order valence-corrected chi connectivity index (χ2v) is 12.0. The molecule has 0 amide bonds. The smallest absolute Gasteiger partial charge is 0.0979 e. The lowest BCUT2D eigenvalue weighted by atomic mass is 9.98. The molecule has 2 heterocycles. The molecule has 0 aliphatic rings. The van der Waals surface area contributed by atoms with E-state index in [9.17, 15) is 0 Å². The van der Waals surface area contributed by atoms with E-state index in [4.69, 9.17) is 9.97 Å². The molecule has 0 unspecified atom stereocenters. The van der Waals surface area contributed by atoms with Gasteiger partial charge in [0.2, 0.25) is 0 Å². The van der Waals surface area contributed by atoms with E-state index in [1.54, 1.807) is 0 Å². The highest BCUT2D eigenvalue weighted by atomic mass is 32.1. The predicted molar refractivity (Wildman–Crippen MR) is 184 cm³/mol. The van der Waals surface area contributed by atoms with Crippen molar-refractivity contribution in [3.8, 4) is 33.5 Å². The van der Waals surface area contributed by atoms with Gasteiger partial charge in [-0.3, -0.25) is 4.98 Å². The molecule has 43 heavy (non-hydrogen) atoms. The lowest BCUT2D eigenvalue weighted by molar-refractivity contribution is 1.31. The van der Waals surface area contributed by atoms with E-state index in [0.717, 1.165) is 33.1 Å². The molecule has 0 saturated carbocycles. The Kier molecular flexibility index (Phi) is 5.40. The third kappa shape index (κ3) is 3.86. The lowest BCUT2D eigenvalue weighted by Crippen LogP contribution is -1.92. The predicted octanol–water partition coefficient (Wildman–Crippen LogP) is 11.3. The standard InChI is InChI=1S/C40H24N2S/c1-2-10-25(11-3-1)26-20-21-37-35(23-26)34-19-9-18-29(40(34)43-37)27-12-8-13-28(22-27)36-24-41-38-32-16-6-4-14-30(32)31-15-5-7-17-33(31)39(38)42-36/h1-24H. The fraction of sp³-hybridized carbons (Fsp3) is 0. The molecule has 7 aromatic carbocycles. The van der Waals surface area contributed by atoms with Crippen LogP contribution in [0.1, 0.15) is 0 Å². The number of nitrogens with zero attached hydrogens (tertiary/aromatic N) is 2. The zero-order valence-electron chi connectivity index (χ0n) is 23.2. The summed E-state index contributed by atoms with van der Waals surface area (Å²) < 4.78 is 2.61. The first-order valence-corrected chi connectivity index (χ1v) is 15.3. The highest BCUT2D eigenvalue weighted by Gasteiger charge is 2.14. The van der Waals surface area contributed by atoms with Crippen LogP contribution in [0.15, 0.2) is 146 Å². The Balaban J connectivity index is 1.20. The second kappa shape index (κ2) is 9.59.